The molecule has 1 aromatic heterocycles. The topological polar surface area (TPSA) is 87.0 Å². The van der Waals surface area contributed by atoms with Crippen molar-refractivity contribution >= 4 is 12.3 Å². The molecule has 2 aromatic carbocycles. The van der Waals surface area contributed by atoms with E-state index in [1.807, 2.05) is 54.7 Å². The van der Waals surface area contributed by atoms with Crippen molar-refractivity contribution in [1.82, 2.24) is 15.2 Å². The third kappa shape index (κ3) is 4.73. The van der Waals surface area contributed by atoms with Gasteiger partial charge in [0.2, 0.25) is 0 Å². The Morgan fingerprint density at radius 1 is 1.14 bits per heavy atom. The van der Waals surface area contributed by atoms with Crippen LogP contribution in [0.5, 0.6) is 11.5 Å². The Bertz CT molecular complexity index is 999. The van der Waals surface area contributed by atoms with E-state index in [0.29, 0.717) is 22.8 Å². The molecule has 8 heteroatoms. The molecule has 1 amide bonds. The van der Waals surface area contributed by atoms with Crippen LogP contribution in [-0.4, -0.2) is 42.9 Å². The number of benzene rings is 2. The Labute approximate surface area is 168 Å². The van der Waals surface area contributed by atoms with Crippen LogP contribution in [0, 0.1) is 0 Å². The van der Waals surface area contributed by atoms with Gasteiger partial charge in [-0.2, -0.15) is 10.2 Å². The molecule has 150 valence electrons. The van der Waals surface area contributed by atoms with E-state index in [-0.39, 0.29) is 6.61 Å². The molecule has 0 aliphatic carbocycles. The van der Waals surface area contributed by atoms with Crippen LogP contribution in [0.2, 0.25) is 0 Å². The highest BCUT2D eigenvalue weighted by Crippen LogP contribution is 2.33. The first kappa shape index (κ1) is 19.9. The quantitative estimate of drug-likeness (QED) is 0.488. The fourth-order valence-electron chi connectivity index (χ4n) is 2.72. The minimum absolute atomic E-state index is 0.268. The highest BCUT2D eigenvalue weighted by atomic mass is 16.5. The largest absolute Gasteiger partial charge is 0.493 e. The van der Waals surface area contributed by atoms with Gasteiger partial charge in [0.1, 0.15) is 5.69 Å². The van der Waals surface area contributed by atoms with Crippen LogP contribution in [0.4, 0.5) is 4.79 Å². The van der Waals surface area contributed by atoms with Gasteiger partial charge in [0.25, 0.3) is 0 Å². The van der Waals surface area contributed by atoms with Gasteiger partial charge < -0.3 is 14.2 Å². The van der Waals surface area contributed by atoms with Crippen molar-refractivity contribution in [1.29, 1.82) is 0 Å². The summed E-state index contributed by atoms with van der Waals surface area (Å²) >= 11 is 0. The van der Waals surface area contributed by atoms with Gasteiger partial charge >= 0.3 is 6.09 Å². The van der Waals surface area contributed by atoms with Gasteiger partial charge in [0.05, 0.1) is 32.7 Å². The van der Waals surface area contributed by atoms with Crippen molar-refractivity contribution in [3.63, 3.8) is 0 Å². The van der Waals surface area contributed by atoms with Crippen molar-refractivity contribution < 1.29 is 19.0 Å². The fourth-order valence-corrected chi connectivity index (χ4v) is 2.72. The monoisotopic (exact) mass is 394 g/mol. The average Bonchev–Trinajstić information content (AvgIpc) is 3.18. The highest BCUT2D eigenvalue weighted by molar-refractivity contribution is 5.89. The molecule has 0 unspecified atom stereocenters. The Morgan fingerprint density at radius 3 is 2.59 bits per heavy atom. The van der Waals surface area contributed by atoms with Crippen LogP contribution in [0.1, 0.15) is 12.5 Å². The number of aromatic nitrogens is 2. The lowest BCUT2D eigenvalue weighted by atomic mass is 10.1. The molecular weight excluding hydrogens is 372 g/mol. The summed E-state index contributed by atoms with van der Waals surface area (Å²) in [6.45, 7) is 1.99. The number of rotatable bonds is 7. The van der Waals surface area contributed by atoms with E-state index in [1.54, 1.807) is 25.8 Å². The van der Waals surface area contributed by atoms with Crippen molar-refractivity contribution in [3.05, 3.63) is 60.3 Å². The van der Waals surface area contributed by atoms with Crippen molar-refractivity contribution in [3.8, 4) is 28.4 Å². The van der Waals surface area contributed by atoms with Crippen LogP contribution in [0.15, 0.2) is 59.8 Å². The van der Waals surface area contributed by atoms with Crippen LogP contribution in [0.25, 0.3) is 16.9 Å². The van der Waals surface area contributed by atoms with Crippen LogP contribution < -0.4 is 14.9 Å². The first-order chi connectivity index (χ1) is 14.2. The Hall–Kier alpha value is -3.81. The lowest BCUT2D eigenvalue weighted by molar-refractivity contribution is 0.152. The summed E-state index contributed by atoms with van der Waals surface area (Å²) in [5, 5.41) is 8.67. The molecule has 0 spiro atoms. The zero-order chi connectivity index (χ0) is 20.6. The van der Waals surface area contributed by atoms with E-state index in [4.69, 9.17) is 19.3 Å². The summed E-state index contributed by atoms with van der Waals surface area (Å²) in [6.07, 6.45) is 2.74. The maximum Gasteiger partial charge on any atom is 0.427 e. The van der Waals surface area contributed by atoms with Crippen molar-refractivity contribution in [2.24, 2.45) is 5.10 Å². The Morgan fingerprint density at radius 2 is 1.90 bits per heavy atom. The maximum atomic E-state index is 11.5. The third-order valence-electron chi connectivity index (χ3n) is 4.06. The second kappa shape index (κ2) is 9.41. The summed E-state index contributed by atoms with van der Waals surface area (Å²) in [7, 11) is 3.16. The van der Waals surface area contributed by atoms with Gasteiger partial charge in [-0.25, -0.2) is 14.9 Å². The lowest BCUT2D eigenvalue weighted by Crippen LogP contribution is -2.18. The molecule has 0 aliphatic heterocycles. The van der Waals surface area contributed by atoms with Gasteiger partial charge in [0, 0.05) is 17.3 Å². The number of para-hydroxylation sites is 1. The highest BCUT2D eigenvalue weighted by Gasteiger charge is 2.14. The molecule has 0 fully saturated rings. The second-order valence-corrected chi connectivity index (χ2v) is 5.87. The predicted octanol–water partition coefficient (Wildman–Crippen LogP) is 3.64. The van der Waals surface area contributed by atoms with Gasteiger partial charge in [-0.1, -0.05) is 18.2 Å². The molecule has 0 aliphatic rings. The first-order valence-corrected chi connectivity index (χ1v) is 8.99. The summed E-state index contributed by atoms with van der Waals surface area (Å²) < 4.78 is 17.3. The third-order valence-corrected chi connectivity index (χ3v) is 4.06. The SMILES string of the molecule is CCOC(=O)N/N=C\c1cn(-c2ccccc2)nc1-c1ccc(OC)c(OC)c1. The van der Waals surface area contributed by atoms with Crippen molar-refractivity contribution in [2.45, 2.75) is 6.92 Å². The number of methoxy groups -OCH3 is 2. The van der Waals surface area contributed by atoms with E-state index in [0.717, 1.165) is 11.3 Å². The molecule has 0 saturated heterocycles. The molecule has 0 saturated carbocycles. The smallest absolute Gasteiger partial charge is 0.427 e. The Balaban J connectivity index is 2.01. The summed E-state index contributed by atoms with van der Waals surface area (Å²) in [6, 6.07) is 15.2. The molecule has 1 N–H and O–H groups in total. The van der Waals surface area contributed by atoms with E-state index in [9.17, 15) is 4.79 Å². The van der Waals surface area contributed by atoms with E-state index in [1.165, 1.54) is 6.21 Å². The van der Waals surface area contributed by atoms with E-state index < -0.39 is 6.09 Å². The van der Waals surface area contributed by atoms with Crippen LogP contribution in [0.3, 0.4) is 0 Å². The molecule has 8 nitrogen and oxygen atoms in total. The maximum absolute atomic E-state index is 11.5. The minimum Gasteiger partial charge on any atom is -0.493 e. The number of ether oxygens (including phenoxy) is 3. The van der Waals surface area contributed by atoms with E-state index >= 15 is 0 Å². The number of hydrazone groups is 1. The molecule has 29 heavy (non-hydrogen) atoms. The van der Waals surface area contributed by atoms with E-state index in [2.05, 4.69) is 10.5 Å². The molecule has 3 aromatic rings. The zero-order valence-corrected chi connectivity index (χ0v) is 16.5. The Kier molecular flexibility index (Phi) is 6.47. The second-order valence-electron chi connectivity index (χ2n) is 5.87. The normalized spacial score (nSPS) is 10.7. The number of carbonyl (C=O) groups excluding carboxylic acids is 1. The summed E-state index contributed by atoms with van der Waals surface area (Å²) in [4.78, 5) is 11.5. The number of nitrogens with one attached hydrogen (secondary N) is 1. The summed E-state index contributed by atoms with van der Waals surface area (Å²) in [5.74, 6) is 1.21. The van der Waals surface area contributed by atoms with Crippen LogP contribution >= 0.6 is 0 Å². The van der Waals surface area contributed by atoms with Gasteiger partial charge in [-0.15, -0.1) is 0 Å². The molecule has 3 rings (SSSR count). The minimum atomic E-state index is -0.619. The van der Waals surface area contributed by atoms with Crippen LogP contribution in [-0.2, 0) is 4.74 Å². The molecule has 0 atom stereocenters. The number of hydrogen-bond acceptors (Lipinski definition) is 6. The standard InChI is InChI=1S/C21H22N4O4/c1-4-29-21(26)23-22-13-16-14-25(17-8-6-5-7-9-17)24-20(16)15-10-11-18(27-2)19(12-15)28-3/h5-14H,4H2,1-3H3,(H,23,26)/b22-13-. The van der Waals surface area contributed by atoms with Gasteiger partial charge in [0.15, 0.2) is 11.5 Å². The number of nitrogens with zero attached hydrogens (tertiary/aromatic N) is 3. The first-order valence-electron chi connectivity index (χ1n) is 8.99. The molecular formula is C21H22N4O4. The predicted molar refractivity (Wildman–Crippen MR) is 110 cm³/mol. The lowest BCUT2D eigenvalue weighted by Gasteiger charge is -2.09. The zero-order valence-electron chi connectivity index (χ0n) is 16.5. The van der Waals surface area contributed by atoms with Gasteiger partial charge in [-0.3, -0.25) is 0 Å². The number of hydrogen-bond donors (Lipinski definition) is 1. The number of amides is 1. The molecule has 0 bridgehead atoms. The molecule has 0 radical (unpaired) electrons. The van der Waals surface area contributed by atoms with Crippen molar-refractivity contribution in [2.75, 3.05) is 20.8 Å². The average molecular weight is 394 g/mol. The molecule has 1 heterocycles. The van der Waals surface area contributed by atoms with Gasteiger partial charge in [-0.05, 0) is 37.3 Å². The number of carbonyl (C=O) groups is 1. The fraction of sp³-hybridized carbons (Fsp3) is 0.190. The summed E-state index contributed by atoms with van der Waals surface area (Å²) in [5.41, 5.74) is 5.41.